The number of Topliss-reactive ketones (excluding diaryl/α,β-unsaturated/α-hetero) is 1. The summed E-state index contributed by atoms with van der Waals surface area (Å²) >= 11 is 0. The normalized spacial score (nSPS) is 21.3. The number of aliphatic carboxylic acids is 1. The number of benzene rings is 4. The summed E-state index contributed by atoms with van der Waals surface area (Å²) in [7, 11) is 0. The predicted molar refractivity (Wildman–Crippen MR) is 157 cm³/mol. The van der Waals surface area contributed by atoms with E-state index in [-0.39, 0.29) is 16.8 Å². The SMILES string of the molecule is Cc1cccc(C(=O)C2C(c3cccc([N+](=O)[O-])c3)N(C(=O)Nc3ccccc3)C(C)(C(=O)O)C2c2ccc(F)cc2)c1. The number of amides is 2. The molecule has 2 N–H and O–H groups in total. The molecule has 0 radical (unpaired) electrons. The summed E-state index contributed by atoms with van der Waals surface area (Å²) in [6.07, 6.45) is 0. The van der Waals surface area contributed by atoms with E-state index in [1.54, 1.807) is 48.5 Å². The van der Waals surface area contributed by atoms with Crippen LogP contribution in [0.2, 0.25) is 0 Å². The van der Waals surface area contributed by atoms with E-state index in [1.807, 2.05) is 13.0 Å². The van der Waals surface area contributed by atoms with E-state index in [0.717, 1.165) is 10.5 Å². The van der Waals surface area contributed by atoms with Crippen molar-refractivity contribution in [3.8, 4) is 0 Å². The maximum Gasteiger partial charge on any atom is 0.330 e. The fourth-order valence-electron chi connectivity index (χ4n) is 6.08. The van der Waals surface area contributed by atoms with Crippen LogP contribution in [0.3, 0.4) is 0 Å². The molecule has 1 heterocycles. The molecule has 0 saturated carbocycles. The van der Waals surface area contributed by atoms with Crippen LogP contribution in [0.4, 0.5) is 20.6 Å². The standard InChI is InChI=1S/C33H28FN3O6/c1-20-8-6-10-23(18-20)30(38)27-28(21-14-16-24(34)17-15-21)33(2,31(39)40)36(32(41)35-25-11-4-3-5-12-25)29(27)22-9-7-13-26(19-22)37(42)43/h3-19,27-29H,1-2H3,(H,35,41)(H,39,40). The van der Waals surface area contributed by atoms with Gasteiger partial charge in [-0.05, 0) is 55.3 Å². The number of likely N-dealkylation sites (tertiary alicyclic amines) is 1. The van der Waals surface area contributed by atoms with Gasteiger partial charge in [0.25, 0.3) is 5.69 Å². The first-order chi connectivity index (χ1) is 20.5. The summed E-state index contributed by atoms with van der Waals surface area (Å²) in [6.45, 7) is 3.16. The number of ketones is 1. The number of halogens is 1. The zero-order valence-corrected chi connectivity index (χ0v) is 23.3. The molecule has 5 rings (SSSR count). The van der Waals surface area contributed by atoms with Crippen LogP contribution in [-0.4, -0.2) is 38.3 Å². The van der Waals surface area contributed by atoms with Gasteiger partial charge in [-0.15, -0.1) is 0 Å². The molecule has 2 amide bonds. The predicted octanol–water partition coefficient (Wildman–Crippen LogP) is 6.76. The average Bonchev–Trinajstić information content (AvgIpc) is 3.28. The van der Waals surface area contributed by atoms with Crippen molar-refractivity contribution in [1.82, 2.24) is 4.90 Å². The smallest absolute Gasteiger partial charge is 0.330 e. The van der Waals surface area contributed by atoms with Gasteiger partial charge in [0.05, 0.1) is 16.9 Å². The lowest BCUT2D eigenvalue weighted by Gasteiger charge is -2.37. The fourth-order valence-corrected chi connectivity index (χ4v) is 6.08. The van der Waals surface area contributed by atoms with Crippen LogP contribution >= 0.6 is 0 Å². The summed E-state index contributed by atoms with van der Waals surface area (Å²) < 4.78 is 14.1. The zero-order valence-electron chi connectivity index (χ0n) is 23.3. The number of nitro groups is 1. The number of non-ortho nitro benzene ring substituents is 1. The van der Waals surface area contributed by atoms with Gasteiger partial charge in [0.2, 0.25) is 0 Å². The molecule has 4 aromatic rings. The van der Waals surface area contributed by atoms with Gasteiger partial charge < -0.3 is 10.4 Å². The highest BCUT2D eigenvalue weighted by atomic mass is 19.1. The molecule has 218 valence electrons. The summed E-state index contributed by atoms with van der Waals surface area (Å²) in [5, 5.41) is 25.4. The molecule has 43 heavy (non-hydrogen) atoms. The molecule has 0 aromatic heterocycles. The molecule has 0 bridgehead atoms. The highest BCUT2D eigenvalue weighted by molar-refractivity contribution is 6.03. The third-order valence-electron chi connectivity index (χ3n) is 8.02. The number of carbonyl (C=O) groups excluding carboxylic acids is 2. The Labute approximate surface area is 246 Å². The maximum absolute atomic E-state index is 14.5. The van der Waals surface area contributed by atoms with Crippen LogP contribution in [-0.2, 0) is 4.79 Å². The van der Waals surface area contributed by atoms with E-state index in [9.17, 15) is 34.0 Å². The number of hydrogen-bond acceptors (Lipinski definition) is 5. The van der Waals surface area contributed by atoms with Crippen molar-refractivity contribution in [3.63, 3.8) is 0 Å². The minimum Gasteiger partial charge on any atom is -0.479 e. The molecule has 9 nitrogen and oxygen atoms in total. The molecule has 1 saturated heterocycles. The summed E-state index contributed by atoms with van der Waals surface area (Å²) in [5.74, 6) is -4.83. The van der Waals surface area contributed by atoms with E-state index >= 15 is 0 Å². The van der Waals surface area contributed by atoms with Crippen LogP contribution in [0.1, 0.15) is 45.9 Å². The van der Waals surface area contributed by atoms with E-state index in [0.29, 0.717) is 11.3 Å². The Morgan fingerprint density at radius 3 is 2.21 bits per heavy atom. The molecule has 1 fully saturated rings. The third-order valence-corrected chi connectivity index (χ3v) is 8.02. The van der Waals surface area contributed by atoms with Crippen LogP contribution in [0.15, 0.2) is 103 Å². The largest absolute Gasteiger partial charge is 0.479 e. The number of rotatable bonds is 7. The number of nitrogens with one attached hydrogen (secondary N) is 1. The number of carboxylic acids is 1. The first-order valence-corrected chi connectivity index (χ1v) is 13.5. The van der Waals surface area contributed by atoms with Crippen molar-refractivity contribution < 1.29 is 28.8 Å². The number of hydrogen-bond donors (Lipinski definition) is 2. The van der Waals surface area contributed by atoms with Gasteiger partial charge in [0, 0.05) is 29.3 Å². The van der Waals surface area contributed by atoms with Gasteiger partial charge in [-0.25, -0.2) is 14.0 Å². The number of nitro benzene ring substituents is 1. The second-order valence-electron chi connectivity index (χ2n) is 10.7. The first-order valence-electron chi connectivity index (χ1n) is 13.5. The second kappa shape index (κ2) is 11.5. The molecular weight excluding hydrogens is 553 g/mol. The molecule has 1 aliphatic rings. The van der Waals surface area contributed by atoms with Crippen LogP contribution in [0, 0.1) is 28.8 Å². The quantitative estimate of drug-likeness (QED) is 0.141. The van der Waals surface area contributed by atoms with E-state index in [1.165, 1.54) is 55.5 Å². The van der Waals surface area contributed by atoms with Crippen molar-refractivity contribution in [2.45, 2.75) is 31.3 Å². The minimum absolute atomic E-state index is 0.209. The van der Waals surface area contributed by atoms with E-state index in [2.05, 4.69) is 5.32 Å². The minimum atomic E-state index is -2.06. The Kier molecular flexibility index (Phi) is 7.78. The Balaban J connectivity index is 1.81. The van der Waals surface area contributed by atoms with Gasteiger partial charge in [-0.2, -0.15) is 0 Å². The van der Waals surface area contributed by atoms with Crippen molar-refractivity contribution in [3.05, 3.63) is 141 Å². The van der Waals surface area contributed by atoms with E-state index < -0.39 is 51.9 Å². The van der Waals surface area contributed by atoms with Crippen molar-refractivity contribution >= 4 is 29.2 Å². The number of urea groups is 1. The molecule has 0 spiro atoms. The Morgan fingerprint density at radius 2 is 1.58 bits per heavy atom. The molecular formula is C33H28FN3O6. The Bertz CT molecular complexity index is 1710. The average molecular weight is 582 g/mol. The van der Waals surface area contributed by atoms with Crippen molar-refractivity contribution in [2.75, 3.05) is 5.32 Å². The lowest BCUT2D eigenvalue weighted by Crippen LogP contribution is -2.55. The number of aryl methyl sites for hydroxylation is 1. The van der Waals surface area contributed by atoms with Gasteiger partial charge >= 0.3 is 12.0 Å². The maximum atomic E-state index is 14.5. The van der Waals surface area contributed by atoms with Gasteiger partial charge in [0.15, 0.2) is 5.78 Å². The highest BCUT2D eigenvalue weighted by Crippen LogP contribution is 2.57. The van der Waals surface area contributed by atoms with E-state index in [4.69, 9.17) is 0 Å². The number of anilines is 1. The lowest BCUT2D eigenvalue weighted by atomic mass is 9.71. The summed E-state index contributed by atoms with van der Waals surface area (Å²) in [5.41, 5.74) is -0.367. The number of carboxylic acid groups (broad SMARTS) is 1. The Morgan fingerprint density at radius 1 is 0.907 bits per heavy atom. The number of nitrogens with zero attached hydrogens (tertiary/aromatic N) is 2. The first kappa shape index (κ1) is 29.1. The second-order valence-corrected chi connectivity index (χ2v) is 10.7. The molecule has 0 aliphatic carbocycles. The number of para-hydroxylation sites is 1. The van der Waals surface area contributed by atoms with Crippen molar-refractivity contribution in [1.29, 1.82) is 0 Å². The zero-order chi connectivity index (χ0) is 30.9. The van der Waals surface area contributed by atoms with Gasteiger partial charge in [0.1, 0.15) is 11.4 Å². The van der Waals surface area contributed by atoms with Crippen LogP contribution < -0.4 is 5.32 Å². The molecule has 1 aliphatic heterocycles. The van der Waals surface area contributed by atoms with Crippen LogP contribution in [0.25, 0.3) is 0 Å². The summed E-state index contributed by atoms with van der Waals surface area (Å²) in [6, 6.07) is 23.7. The highest BCUT2D eigenvalue weighted by Gasteiger charge is 2.65. The lowest BCUT2D eigenvalue weighted by molar-refractivity contribution is -0.385. The molecule has 4 atom stereocenters. The topological polar surface area (TPSA) is 130 Å². The van der Waals surface area contributed by atoms with Gasteiger partial charge in [-0.1, -0.05) is 66.2 Å². The molecule has 10 heteroatoms. The monoisotopic (exact) mass is 581 g/mol. The molecule has 4 unspecified atom stereocenters. The molecule has 4 aromatic carbocycles. The fraction of sp³-hybridized carbons (Fsp3) is 0.182. The third kappa shape index (κ3) is 5.34. The van der Waals surface area contributed by atoms with Crippen LogP contribution in [0.5, 0.6) is 0 Å². The Hall–Kier alpha value is -5.38. The number of carbonyl (C=O) groups is 3. The van der Waals surface area contributed by atoms with Gasteiger partial charge in [-0.3, -0.25) is 19.8 Å². The summed E-state index contributed by atoms with van der Waals surface area (Å²) in [4.78, 5) is 54.3. The van der Waals surface area contributed by atoms with Crippen molar-refractivity contribution in [2.24, 2.45) is 5.92 Å².